The molecule has 2 aromatic rings. The van der Waals surface area contributed by atoms with Crippen molar-refractivity contribution in [3.8, 4) is 11.1 Å². The molecule has 3 rings (SSSR count). The predicted molar refractivity (Wildman–Crippen MR) is 80.8 cm³/mol. The summed E-state index contributed by atoms with van der Waals surface area (Å²) < 4.78 is 5.28. The van der Waals surface area contributed by atoms with Crippen LogP contribution in [0.4, 0.5) is 5.69 Å². The van der Waals surface area contributed by atoms with Crippen LogP contribution in [0.3, 0.4) is 0 Å². The highest BCUT2D eigenvalue weighted by Gasteiger charge is 2.18. The molecule has 0 atom stereocenters. The summed E-state index contributed by atoms with van der Waals surface area (Å²) in [6, 6.07) is 9.25. The number of carbonyl (C=O) groups is 1. The van der Waals surface area contributed by atoms with Crippen LogP contribution in [-0.2, 0) is 4.74 Å². The van der Waals surface area contributed by atoms with Crippen LogP contribution in [0.1, 0.15) is 10.4 Å². The van der Waals surface area contributed by atoms with Gasteiger partial charge in [0.05, 0.1) is 13.2 Å². The van der Waals surface area contributed by atoms with Crippen LogP contribution in [0.5, 0.6) is 0 Å². The zero-order valence-electron chi connectivity index (χ0n) is 11.7. The predicted octanol–water partition coefficient (Wildman–Crippen LogP) is 1.80. The van der Waals surface area contributed by atoms with Crippen LogP contribution in [0.2, 0.25) is 0 Å². The molecule has 21 heavy (non-hydrogen) atoms. The van der Waals surface area contributed by atoms with Gasteiger partial charge in [0, 0.05) is 42.3 Å². The van der Waals surface area contributed by atoms with Crippen molar-refractivity contribution in [1.82, 2.24) is 9.88 Å². The van der Waals surface area contributed by atoms with Gasteiger partial charge in [-0.3, -0.25) is 9.78 Å². The maximum absolute atomic E-state index is 12.5. The van der Waals surface area contributed by atoms with Gasteiger partial charge in [-0.2, -0.15) is 0 Å². The molecule has 0 aliphatic carbocycles. The topological polar surface area (TPSA) is 68.5 Å². The van der Waals surface area contributed by atoms with Gasteiger partial charge in [-0.25, -0.2) is 0 Å². The summed E-state index contributed by atoms with van der Waals surface area (Å²) >= 11 is 0. The second-order valence-electron chi connectivity index (χ2n) is 4.95. The summed E-state index contributed by atoms with van der Waals surface area (Å²) in [4.78, 5) is 18.4. The monoisotopic (exact) mass is 283 g/mol. The molecule has 2 heterocycles. The third-order valence-electron chi connectivity index (χ3n) is 3.57. The van der Waals surface area contributed by atoms with Crippen molar-refractivity contribution >= 4 is 11.6 Å². The van der Waals surface area contributed by atoms with Crippen LogP contribution in [0.25, 0.3) is 11.1 Å². The molecule has 0 bridgehead atoms. The van der Waals surface area contributed by atoms with Crippen LogP contribution in [0, 0.1) is 0 Å². The van der Waals surface area contributed by atoms with Gasteiger partial charge in [0.2, 0.25) is 0 Å². The number of nitrogens with zero attached hydrogens (tertiary/aromatic N) is 2. The van der Waals surface area contributed by atoms with E-state index in [1.807, 2.05) is 29.2 Å². The summed E-state index contributed by atoms with van der Waals surface area (Å²) in [5.74, 6) is 0.0302. The van der Waals surface area contributed by atoms with Crippen LogP contribution in [0.15, 0.2) is 42.7 Å². The van der Waals surface area contributed by atoms with E-state index < -0.39 is 0 Å². The maximum atomic E-state index is 12.5. The minimum Gasteiger partial charge on any atom is -0.398 e. The number of pyridine rings is 1. The number of aromatic nitrogens is 1. The fourth-order valence-corrected chi connectivity index (χ4v) is 2.42. The number of nitrogen functional groups attached to an aromatic ring is 1. The summed E-state index contributed by atoms with van der Waals surface area (Å²) in [7, 11) is 0. The maximum Gasteiger partial charge on any atom is 0.254 e. The lowest BCUT2D eigenvalue weighted by Crippen LogP contribution is -2.40. The number of benzene rings is 1. The first kappa shape index (κ1) is 13.6. The molecule has 1 fully saturated rings. The SMILES string of the molecule is Nc1ccncc1-c1cccc(C(=O)N2CCOCC2)c1. The van der Waals surface area contributed by atoms with E-state index in [2.05, 4.69) is 4.98 Å². The Labute approximate surface area is 123 Å². The van der Waals surface area contributed by atoms with E-state index in [-0.39, 0.29) is 5.91 Å². The van der Waals surface area contributed by atoms with Crippen molar-refractivity contribution in [3.05, 3.63) is 48.3 Å². The largest absolute Gasteiger partial charge is 0.398 e. The van der Waals surface area contributed by atoms with Crippen molar-refractivity contribution in [2.24, 2.45) is 0 Å². The highest BCUT2D eigenvalue weighted by atomic mass is 16.5. The number of ether oxygens (including phenoxy) is 1. The van der Waals surface area contributed by atoms with Gasteiger partial charge in [0.15, 0.2) is 0 Å². The van der Waals surface area contributed by atoms with E-state index in [9.17, 15) is 4.79 Å². The summed E-state index contributed by atoms with van der Waals surface area (Å²) in [6.07, 6.45) is 3.37. The number of hydrogen-bond donors (Lipinski definition) is 1. The number of anilines is 1. The Morgan fingerprint density at radius 3 is 2.81 bits per heavy atom. The average Bonchev–Trinajstić information content (AvgIpc) is 2.55. The standard InChI is InChI=1S/C16H17N3O2/c17-15-4-5-18-11-14(15)12-2-1-3-13(10-12)16(20)19-6-8-21-9-7-19/h1-5,10-11H,6-9H2,(H2,17,18). The summed E-state index contributed by atoms with van der Waals surface area (Å²) in [6.45, 7) is 2.47. The lowest BCUT2D eigenvalue weighted by Gasteiger charge is -2.27. The molecule has 0 unspecified atom stereocenters. The summed E-state index contributed by atoms with van der Waals surface area (Å²) in [5.41, 5.74) is 9.03. The first-order valence-corrected chi connectivity index (χ1v) is 6.92. The lowest BCUT2D eigenvalue weighted by atomic mass is 10.0. The highest BCUT2D eigenvalue weighted by Crippen LogP contribution is 2.25. The van der Waals surface area contributed by atoms with Gasteiger partial charge < -0.3 is 15.4 Å². The zero-order valence-corrected chi connectivity index (χ0v) is 11.7. The van der Waals surface area contributed by atoms with Gasteiger partial charge in [0.25, 0.3) is 5.91 Å². The Morgan fingerprint density at radius 2 is 2.05 bits per heavy atom. The molecule has 1 aromatic carbocycles. The lowest BCUT2D eigenvalue weighted by molar-refractivity contribution is 0.0303. The number of rotatable bonds is 2. The highest BCUT2D eigenvalue weighted by molar-refractivity contribution is 5.96. The minimum absolute atomic E-state index is 0.0302. The average molecular weight is 283 g/mol. The third-order valence-corrected chi connectivity index (χ3v) is 3.57. The minimum atomic E-state index is 0.0302. The van der Waals surface area contributed by atoms with Crippen molar-refractivity contribution < 1.29 is 9.53 Å². The third kappa shape index (κ3) is 2.87. The Balaban J connectivity index is 1.89. The van der Waals surface area contributed by atoms with E-state index in [0.717, 1.165) is 11.1 Å². The first-order valence-electron chi connectivity index (χ1n) is 6.92. The number of amides is 1. The molecule has 1 saturated heterocycles. The van der Waals surface area contributed by atoms with E-state index in [1.165, 1.54) is 0 Å². The smallest absolute Gasteiger partial charge is 0.254 e. The number of hydrogen-bond acceptors (Lipinski definition) is 4. The molecule has 108 valence electrons. The number of nitrogens with two attached hydrogens (primary N) is 1. The van der Waals surface area contributed by atoms with Crippen LogP contribution in [-0.4, -0.2) is 42.1 Å². The Morgan fingerprint density at radius 1 is 1.24 bits per heavy atom. The quantitative estimate of drug-likeness (QED) is 0.912. The van der Waals surface area contributed by atoms with E-state index in [1.54, 1.807) is 18.5 Å². The second kappa shape index (κ2) is 5.93. The number of carbonyl (C=O) groups excluding carboxylic acids is 1. The van der Waals surface area contributed by atoms with Gasteiger partial charge in [-0.15, -0.1) is 0 Å². The molecule has 1 aromatic heterocycles. The van der Waals surface area contributed by atoms with E-state index >= 15 is 0 Å². The normalized spacial score (nSPS) is 15.0. The van der Waals surface area contributed by atoms with Crippen molar-refractivity contribution in [3.63, 3.8) is 0 Å². The zero-order chi connectivity index (χ0) is 14.7. The molecule has 1 amide bonds. The molecule has 0 radical (unpaired) electrons. The van der Waals surface area contributed by atoms with Gasteiger partial charge >= 0.3 is 0 Å². The Hall–Kier alpha value is -2.40. The van der Waals surface area contributed by atoms with E-state index in [4.69, 9.17) is 10.5 Å². The summed E-state index contributed by atoms with van der Waals surface area (Å²) in [5, 5.41) is 0. The second-order valence-corrected chi connectivity index (χ2v) is 4.95. The Bertz CT molecular complexity index is 651. The number of morpholine rings is 1. The molecule has 5 heteroatoms. The molecule has 2 N–H and O–H groups in total. The fourth-order valence-electron chi connectivity index (χ4n) is 2.42. The van der Waals surface area contributed by atoms with Gasteiger partial charge in [0.1, 0.15) is 0 Å². The van der Waals surface area contributed by atoms with Crippen LogP contribution >= 0.6 is 0 Å². The van der Waals surface area contributed by atoms with Gasteiger partial charge in [-0.05, 0) is 23.8 Å². The Kier molecular flexibility index (Phi) is 3.83. The molecule has 0 spiro atoms. The van der Waals surface area contributed by atoms with Crippen molar-refractivity contribution in [1.29, 1.82) is 0 Å². The van der Waals surface area contributed by atoms with Crippen molar-refractivity contribution in [2.45, 2.75) is 0 Å². The molecular weight excluding hydrogens is 266 g/mol. The molecule has 5 nitrogen and oxygen atoms in total. The van der Waals surface area contributed by atoms with E-state index in [0.29, 0.717) is 37.6 Å². The fraction of sp³-hybridized carbons (Fsp3) is 0.250. The molecule has 1 aliphatic heterocycles. The first-order chi connectivity index (χ1) is 10.3. The molecular formula is C16H17N3O2. The molecule has 1 aliphatic rings. The van der Waals surface area contributed by atoms with Crippen LogP contribution < -0.4 is 5.73 Å². The van der Waals surface area contributed by atoms with Crippen molar-refractivity contribution in [2.75, 3.05) is 32.0 Å². The van der Waals surface area contributed by atoms with Gasteiger partial charge in [-0.1, -0.05) is 12.1 Å². The molecule has 0 saturated carbocycles.